The van der Waals surface area contributed by atoms with E-state index < -0.39 is 0 Å². The third-order valence-corrected chi connectivity index (χ3v) is 4.31. The number of benzene rings is 1. The number of hydrogen-bond donors (Lipinski definition) is 0. The SMILES string of the molecule is COC1CCN(c2nc3ccccc3cc2CBr)C1. The summed E-state index contributed by atoms with van der Waals surface area (Å²) in [6.45, 7) is 1.95. The predicted octanol–water partition coefficient (Wildman–Crippen LogP) is 3.35. The minimum atomic E-state index is 0.330. The molecule has 1 aromatic heterocycles. The normalized spacial score (nSPS) is 19.3. The average molecular weight is 321 g/mol. The number of fused-ring (bicyclic) bond motifs is 1. The third kappa shape index (κ3) is 2.47. The molecule has 0 bridgehead atoms. The zero-order valence-corrected chi connectivity index (χ0v) is 12.6. The van der Waals surface area contributed by atoms with E-state index in [9.17, 15) is 0 Å². The van der Waals surface area contributed by atoms with Gasteiger partial charge in [-0.1, -0.05) is 34.1 Å². The predicted molar refractivity (Wildman–Crippen MR) is 82.0 cm³/mol. The number of halogens is 1. The number of alkyl halides is 1. The molecule has 1 atom stereocenters. The molecule has 0 aliphatic carbocycles. The monoisotopic (exact) mass is 320 g/mol. The van der Waals surface area contributed by atoms with Crippen molar-refractivity contribution in [2.24, 2.45) is 0 Å². The van der Waals surface area contributed by atoms with Crippen LogP contribution in [-0.4, -0.2) is 31.3 Å². The number of aromatic nitrogens is 1. The molecule has 0 radical (unpaired) electrons. The van der Waals surface area contributed by atoms with E-state index in [2.05, 4.69) is 45.1 Å². The number of rotatable bonds is 3. The fourth-order valence-corrected chi connectivity index (χ4v) is 3.05. The minimum absolute atomic E-state index is 0.330. The Morgan fingerprint density at radius 1 is 1.42 bits per heavy atom. The molecule has 1 saturated heterocycles. The molecule has 0 spiro atoms. The van der Waals surface area contributed by atoms with Crippen molar-refractivity contribution < 1.29 is 4.74 Å². The van der Waals surface area contributed by atoms with Crippen molar-refractivity contribution in [2.75, 3.05) is 25.1 Å². The van der Waals surface area contributed by atoms with E-state index in [0.29, 0.717) is 6.10 Å². The van der Waals surface area contributed by atoms with Gasteiger partial charge in [0.15, 0.2) is 0 Å². The minimum Gasteiger partial charge on any atom is -0.380 e. The molecule has 0 saturated carbocycles. The Labute approximate surface area is 121 Å². The Morgan fingerprint density at radius 2 is 2.26 bits per heavy atom. The summed E-state index contributed by atoms with van der Waals surface area (Å²) >= 11 is 3.58. The highest BCUT2D eigenvalue weighted by Crippen LogP contribution is 2.28. The first-order valence-corrected chi connectivity index (χ1v) is 7.66. The molecular formula is C15H17BrN2O. The molecule has 3 rings (SSSR count). The van der Waals surface area contributed by atoms with Gasteiger partial charge in [0, 0.05) is 36.5 Å². The van der Waals surface area contributed by atoms with Gasteiger partial charge in [-0.25, -0.2) is 4.98 Å². The van der Waals surface area contributed by atoms with Gasteiger partial charge in [-0.2, -0.15) is 0 Å². The fourth-order valence-electron chi connectivity index (χ4n) is 2.63. The van der Waals surface area contributed by atoms with Crippen LogP contribution in [0.4, 0.5) is 5.82 Å². The number of hydrogen-bond acceptors (Lipinski definition) is 3. The Bertz CT molecular complexity index is 587. The Hall–Kier alpha value is -1.13. The number of nitrogens with zero attached hydrogens (tertiary/aromatic N) is 2. The summed E-state index contributed by atoms with van der Waals surface area (Å²) in [5, 5.41) is 2.03. The largest absolute Gasteiger partial charge is 0.380 e. The molecule has 4 heteroatoms. The summed E-state index contributed by atoms with van der Waals surface area (Å²) in [7, 11) is 1.79. The van der Waals surface area contributed by atoms with E-state index in [1.165, 1.54) is 10.9 Å². The van der Waals surface area contributed by atoms with Crippen molar-refractivity contribution >= 4 is 32.7 Å². The Balaban J connectivity index is 2.02. The van der Waals surface area contributed by atoms with Gasteiger partial charge < -0.3 is 9.64 Å². The average Bonchev–Trinajstić information content (AvgIpc) is 2.94. The highest BCUT2D eigenvalue weighted by molar-refractivity contribution is 9.08. The lowest BCUT2D eigenvalue weighted by Gasteiger charge is -2.20. The molecule has 2 aromatic rings. The zero-order chi connectivity index (χ0) is 13.2. The van der Waals surface area contributed by atoms with E-state index in [-0.39, 0.29) is 0 Å². The molecule has 1 aromatic carbocycles. The van der Waals surface area contributed by atoms with Crippen LogP contribution in [0.1, 0.15) is 12.0 Å². The van der Waals surface area contributed by atoms with Gasteiger partial charge >= 0.3 is 0 Å². The van der Waals surface area contributed by atoms with Crippen LogP contribution in [0, 0.1) is 0 Å². The maximum Gasteiger partial charge on any atom is 0.133 e. The van der Waals surface area contributed by atoms with E-state index in [4.69, 9.17) is 9.72 Å². The van der Waals surface area contributed by atoms with E-state index >= 15 is 0 Å². The maximum absolute atomic E-state index is 5.44. The van der Waals surface area contributed by atoms with Crippen LogP contribution >= 0.6 is 15.9 Å². The van der Waals surface area contributed by atoms with Gasteiger partial charge in [-0.05, 0) is 18.6 Å². The fraction of sp³-hybridized carbons (Fsp3) is 0.400. The second-order valence-electron chi connectivity index (χ2n) is 4.89. The summed E-state index contributed by atoms with van der Waals surface area (Å²) in [5.74, 6) is 1.09. The van der Waals surface area contributed by atoms with Crippen LogP contribution in [0.2, 0.25) is 0 Å². The molecule has 2 heterocycles. The van der Waals surface area contributed by atoms with Gasteiger partial charge in [0.05, 0.1) is 11.6 Å². The summed E-state index contributed by atoms with van der Waals surface area (Å²) in [6, 6.07) is 10.5. The highest BCUT2D eigenvalue weighted by atomic mass is 79.9. The first kappa shape index (κ1) is 12.9. The van der Waals surface area contributed by atoms with Gasteiger partial charge in [0.1, 0.15) is 5.82 Å². The molecule has 19 heavy (non-hydrogen) atoms. The summed E-state index contributed by atoms with van der Waals surface area (Å²) in [5.41, 5.74) is 2.30. The standard InChI is InChI=1S/C15H17BrN2O/c1-19-13-6-7-18(10-13)15-12(9-16)8-11-4-2-3-5-14(11)17-15/h2-5,8,13H,6-7,9-10H2,1H3. The number of methoxy groups -OCH3 is 1. The smallest absolute Gasteiger partial charge is 0.133 e. The molecule has 1 aliphatic rings. The molecule has 1 unspecified atom stereocenters. The molecule has 1 aliphatic heterocycles. The zero-order valence-electron chi connectivity index (χ0n) is 11.0. The van der Waals surface area contributed by atoms with Gasteiger partial charge in [-0.15, -0.1) is 0 Å². The molecule has 3 nitrogen and oxygen atoms in total. The lowest BCUT2D eigenvalue weighted by molar-refractivity contribution is 0.121. The lowest BCUT2D eigenvalue weighted by atomic mass is 10.1. The maximum atomic E-state index is 5.44. The van der Waals surface area contributed by atoms with Crippen molar-refractivity contribution in [2.45, 2.75) is 17.9 Å². The van der Waals surface area contributed by atoms with E-state index in [1.54, 1.807) is 7.11 Å². The van der Waals surface area contributed by atoms with Crippen molar-refractivity contribution in [1.82, 2.24) is 4.98 Å². The molecule has 1 fully saturated rings. The first-order chi connectivity index (χ1) is 9.31. The van der Waals surface area contributed by atoms with Crippen LogP contribution in [0.15, 0.2) is 30.3 Å². The first-order valence-electron chi connectivity index (χ1n) is 6.54. The second-order valence-corrected chi connectivity index (χ2v) is 5.45. The molecule has 0 amide bonds. The van der Waals surface area contributed by atoms with E-state index in [1.807, 2.05) is 6.07 Å². The van der Waals surface area contributed by atoms with Crippen molar-refractivity contribution in [1.29, 1.82) is 0 Å². The lowest BCUT2D eigenvalue weighted by Crippen LogP contribution is -2.24. The molecular weight excluding hydrogens is 304 g/mol. The number of anilines is 1. The Kier molecular flexibility index (Phi) is 3.71. The Morgan fingerprint density at radius 3 is 3.00 bits per heavy atom. The van der Waals surface area contributed by atoms with E-state index in [0.717, 1.165) is 36.2 Å². The summed E-state index contributed by atoms with van der Waals surface area (Å²) in [6.07, 6.45) is 1.41. The second kappa shape index (κ2) is 5.47. The third-order valence-electron chi connectivity index (χ3n) is 3.70. The quantitative estimate of drug-likeness (QED) is 0.811. The summed E-state index contributed by atoms with van der Waals surface area (Å²) in [4.78, 5) is 7.17. The van der Waals surface area contributed by atoms with Crippen LogP contribution in [-0.2, 0) is 10.1 Å². The topological polar surface area (TPSA) is 25.4 Å². The summed E-state index contributed by atoms with van der Waals surface area (Å²) < 4.78 is 5.44. The van der Waals surface area contributed by atoms with Crippen molar-refractivity contribution in [3.63, 3.8) is 0 Å². The van der Waals surface area contributed by atoms with Crippen LogP contribution in [0.5, 0.6) is 0 Å². The van der Waals surface area contributed by atoms with Crippen LogP contribution in [0.25, 0.3) is 10.9 Å². The van der Waals surface area contributed by atoms with Gasteiger partial charge in [-0.3, -0.25) is 0 Å². The number of ether oxygens (including phenoxy) is 1. The van der Waals surface area contributed by atoms with Gasteiger partial charge in [0.2, 0.25) is 0 Å². The highest BCUT2D eigenvalue weighted by Gasteiger charge is 2.24. The molecule has 100 valence electrons. The number of para-hydroxylation sites is 1. The van der Waals surface area contributed by atoms with Crippen molar-refractivity contribution in [3.8, 4) is 0 Å². The molecule has 0 N–H and O–H groups in total. The van der Waals surface area contributed by atoms with Crippen molar-refractivity contribution in [3.05, 3.63) is 35.9 Å². The number of pyridine rings is 1. The van der Waals surface area contributed by atoms with Crippen LogP contribution in [0.3, 0.4) is 0 Å². The van der Waals surface area contributed by atoms with Gasteiger partial charge in [0.25, 0.3) is 0 Å². The van der Waals surface area contributed by atoms with Crippen LogP contribution < -0.4 is 4.90 Å².